The number of allylic oxidation sites excluding steroid dienone is 6. The minimum absolute atomic E-state index is 0.534. The molecule has 1 fully saturated rings. The molecule has 0 aliphatic heterocycles. The third kappa shape index (κ3) is 3.87. The lowest BCUT2D eigenvalue weighted by atomic mass is 9.79. The summed E-state index contributed by atoms with van der Waals surface area (Å²) in [4.78, 5) is 0. The summed E-state index contributed by atoms with van der Waals surface area (Å²) in [6.45, 7) is 2.41. The second-order valence-electron chi connectivity index (χ2n) is 5.98. The van der Waals surface area contributed by atoms with Crippen LogP contribution in [0.1, 0.15) is 58.3 Å². The van der Waals surface area contributed by atoms with Gasteiger partial charge in [0.15, 0.2) is 0 Å². The van der Waals surface area contributed by atoms with Crippen LogP contribution in [0, 0.1) is 11.3 Å². The summed E-state index contributed by atoms with van der Waals surface area (Å²) in [7, 11) is 0. The number of rotatable bonds is 0. The molecule has 0 aromatic heterocycles. The first-order valence-corrected chi connectivity index (χ1v) is 7.32. The summed E-state index contributed by atoms with van der Waals surface area (Å²) in [6, 6.07) is 0. The molecule has 0 radical (unpaired) electrons. The van der Waals surface area contributed by atoms with Crippen molar-refractivity contribution in [2.75, 3.05) is 0 Å². The standard InChI is InChI=1S/C17H26/c1-16-11-14-17(15-16)12-9-7-5-3-2-4-6-8-10-13-17/h2-3,5,7,9,12,16H,4,6,8,10-11,13-15H2,1H3. The highest BCUT2D eigenvalue weighted by molar-refractivity contribution is 5.15. The molecule has 2 aliphatic rings. The topological polar surface area (TPSA) is 0 Å². The largest absolute Gasteiger partial charge is 0.0845 e. The third-order valence-corrected chi connectivity index (χ3v) is 4.35. The Morgan fingerprint density at radius 1 is 0.941 bits per heavy atom. The van der Waals surface area contributed by atoms with Gasteiger partial charge in [0.2, 0.25) is 0 Å². The van der Waals surface area contributed by atoms with Gasteiger partial charge in [-0.2, -0.15) is 0 Å². The maximum absolute atomic E-state index is 2.50. The van der Waals surface area contributed by atoms with Crippen LogP contribution in [-0.2, 0) is 0 Å². The van der Waals surface area contributed by atoms with Crippen LogP contribution in [0.4, 0.5) is 0 Å². The molecule has 0 aromatic rings. The van der Waals surface area contributed by atoms with Crippen molar-refractivity contribution in [1.29, 1.82) is 0 Å². The molecule has 0 bridgehead atoms. The summed E-state index contributed by atoms with van der Waals surface area (Å²) in [5, 5.41) is 0. The van der Waals surface area contributed by atoms with Gasteiger partial charge in [-0.05, 0) is 49.9 Å². The molecular weight excluding hydrogens is 204 g/mol. The van der Waals surface area contributed by atoms with Gasteiger partial charge in [-0.3, -0.25) is 0 Å². The van der Waals surface area contributed by atoms with Crippen molar-refractivity contribution < 1.29 is 0 Å². The van der Waals surface area contributed by atoms with E-state index in [-0.39, 0.29) is 0 Å². The van der Waals surface area contributed by atoms with Crippen LogP contribution in [0.5, 0.6) is 0 Å². The molecule has 94 valence electrons. The van der Waals surface area contributed by atoms with Crippen molar-refractivity contribution in [1.82, 2.24) is 0 Å². The van der Waals surface area contributed by atoms with Gasteiger partial charge in [0, 0.05) is 0 Å². The van der Waals surface area contributed by atoms with Crippen LogP contribution < -0.4 is 0 Å². The zero-order valence-electron chi connectivity index (χ0n) is 11.2. The normalized spacial score (nSPS) is 34.8. The average Bonchev–Trinajstić information content (AvgIpc) is 2.66. The fourth-order valence-electron chi connectivity index (χ4n) is 3.37. The minimum atomic E-state index is 0.534. The van der Waals surface area contributed by atoms with E-state index in [0.717, 1.165) is 5.92 Å². The van der Waals surface area contributed by atoms with Crippen LogP contribution in [0.3, 0.4) is 0 Å². The molecule has 2 atom stereocenters. The summed E-state index contributed by atoms with van der Waals surface area (Å²) < 4.78 is 0. The van der Waals surface area contributed by atoms with Crippen molar-refractivity contribution in [3.05, 3.63) is 36.5 Å². The van der Waals surface area contributed by atoms with E-state index in [1.54, 1.807) is 0 Å². The van der Waals surface area contributed by atoms with Crippen LogP contribution in [0.15, 0.2) is 36.5 Å². The highest BCUT2D eigenvalue weighted by atomic mass is 14.4. The van der Waals surface area contributed by atoms with E-state index in [9.17, 15) is 0 Å². The molecule has 0 nitrogen and oxygen atoms in total. The lowest BCUT2D eigenvalue weighted by Gasteiger charge is -2.25. The van der Waals surface area contributed by atoms with Crippen molar-refractivity contribution in [2.45, 2.75) is 58.3 Å². The second kappa shape index (κ2) is 6.23. The van der Waals surface area contributed by atoms with Gasteiger partial charge in [0.05, 0.1) is 0 Å². The fraction of sp³-hybridized carbons (Fsp3) is 0.647. The number of hydrogen-bond donors (Lipinski definition) is 0. The zero-order chi connectivity index (χ0) is 12.0. The molecule has 0 N–H and O–H groups in total. The molecule has 0 heterocycles. The van der Waals surface area contributed by atoms with E-state index >= 15 is 0 Å². The zero-order valence-corrected chi connectivity index (χ0v) is 11.2. The summed E-state index contributed by atoms with van der Waals surface area (Å²) in [5.74, 6) is 0.927. The molecule has 17 heavy (non-hydrogen) atoms. The first kappa shape index (κ1) is 12.7. The Kier molecular flexibility index (Phi) is 4.65. The number of hydrogen-bond acceptors (Lipinski definition) is 0. The molecule has 2 unspecified atom stereocenters. The SMILES string of the molecule is CC1CCC2(C=CC=CC=CCCCCC2)C1. The minimum Gasteiger partial charge on any atom is -0.0845 e. The third-order valence-electron chi connectivity index (χ3n) is 4.35. The highest BCUT2D eigenvalue weighted by Gasteiger charge is 2.34. The van der Waals surface area contributed by atoms with Crippen LogP contribution >= 0.6 is 0 Å². The van der Waals surface area contributed by atoms with Gasteiger partial charge in [-0.25, -0.2) is 0 Å². The fourth-order valence-corrected chi connectivity index (χ4v) is 3.37. The summed E-state index contributed by atoms with van der Waals surface area (Å²) in [5.41, 5.74) is 0.534. The van der Waals surface area contributed by atoms with Crippen molar-refractivity contribution in [3.63, 3.8) is 0 Å². The van der Waals surface area contributed by atoms with E-state index in [2.05, 4.69) is 43.4 Å². The van der Waals surface area contributed by atoms with Gasteiger partial charge in [-0.15, -0.1) is 0 Å². The van der Waals surface area contributed by atoms with E-state index < -0.39 is 0 Å². The maximum atomic E-state index is 2.50. The Bertz CT molecular complexity index is 308. The van der Waals surface area contributed by atoms with Crippen molar-refractivity contribution in [2.24, 2.45) is 11.3 Å². The van der Waals surface area contributed by atoms with Gasteiger partial charge in [0.25, 0.3) is 0 Å². The molecule has 0 aromatic carbocycles. The van der Waals surface area contributed by atoms with Crippen LogP contribution in [0.2, 0.25) is 0 Å². The van der Waals surface area contributed by atoms with Crippen LogP contribution in [0.25, 0.3) is 0 Å². The molecule has 1 saturated carbocycles. The molecule has 0 heteroatoms. The predicted octanol–water partition coefficient (Wildman–Crippen LogP) is 5.43. The second-order valence-corrected chi connectivity index (χ2v) is 5.98. The first-order chi connectivity index (χ1) is 8.31. The Morgan fingerprint density at radius 2 is 1.82 bits per heavy atom. The quantitative estimate of drug-likeness (QED) is 0.521. The van der Waals surface area contributed by atoms with E-state index in [1.807, 2.05) is 0 Å². The molecule has 2 aliphatic carbocycles. The lowest BCUT2D eigenvalue weighted by Crippen LogP contribution is -2.13. The molecule has 0 amide bonds. The van der Waals surface area contributed by atoms with Gasteiger partial charge >= 0.3 is 0 Å². The molecule has 1 spiro atoms. The summed E-state index contributed by atoms with van der Waals surface area (Å²) in [6.07, 6.45) is 24.7. The molecule has 0 saturated heterocycles. The average molecular weight is 230 g/mol. The van der Waals surface area contributed by atoms with Gasteiger partial charge < -0.3 is 0 Å². The van der Waals surface area contributed by atoms with E-state index in [4.69, 9.17) is 0 Å². The lowest BCUT2D eigenvalue weighted by molar-refractivity contribution is 0.334. The van der Waals surface area contributed by atoms with Crippen molar-refractivity contribution >= 4 is 0 Å². The first-order valence-electron chi connectivity index (χ1n) is 7.32. The smallest absolute Gasteiger partial charge is 0.0112 e. The Hall–Kier alpha value is -0.780. The summed E-state index contributed by atoms with van der Waals surface area (Å²) >= 11 is 0. The van der Waals surface area contributed by atoms with E-state index in [0.29, 0.717) is 5.41 Å². The van der Waals surface area contributed by atoms with Gasteiger partial charge in [-0.1, -0.05) is 56.2 Å². The predicted molar refractivity (Wildman–Crippen MR) is 76.0 cm³/mol. The maximum Gasteiger partial charge on any atom is -0.0112 e. The molecular formula is C17H26. The molecule has 2 rings (SSSR count). The Morgan fingerprint density at radius 3 is 2.65 bits per heavy atom. The Labute approximate surface area is 106 Å². The van der Waals surface area contributed by atoms with E-state index in [1.165, 1.54) is 51.4 Å². The highest BCUT2D eigenvalue weighted by Crippen LogP contribution is 2.46. The Balaban J connectivity index is 2.05. The van der Waals surface area contributed by atoms with Crippen LogP contribution in [-0.4, -0.2) is 0 Å². The monoisotopic (exact) mass is 230 g/mol. The van der Waals surface area contributed by atoms with Crippen molar-refractivity contribution in [3.8, 4) is 0 Å². The van der Waals surface area contributed by atoms with Gasteiger partial charge in [0.1, 0.15) is 0 Å².